The molecule has 3 aromatic rings. The molecule has 0 radical (unpaired) electrons. The van der Waals surface area contributed by atoms with E-state index in [4.69, 9.17) is 0 Å². The monoisotopic (exact) mass is 351 g/mol. The van der Waals surface area contributed by atoms with Crippen LogP contribution in [0.1, 0.15) is 17.9 Å². The van der Waals surface area contributed by atoms with Crippen molar-refractivity contribution in [2.24, 2.45) is 0 Å². The van der Waals surface area contributed by atoms with Crippen LogP contribution in [0.3, 0.4) is 0 Å². The summed E-state index contributed by atoms with van der Waals surface area (Å²) >= 11 is 0. The summed E-state index contributed by atoms with van der Waals surface area (Å²) < 4.78 is 1.91. The summed E-state index contributed by atoms with van der Waals surface area (Å²) in [5, 5.41) is 18.5. The number of hydrogen-bond acceptors (Lipinski definition) is 7. The zero-order valence-electron chi connectivity index (χ0n) is 14.2. The van der Waals surface area contributed by atoms with Gasteiger partial charge in [0.15, 0.2) is 5.82 Å². The fraction of sp³-hybridized carbons (Fsp3) is 0.294. The second kappa shape index (κ2) is 6.51. The number of hydrogen-bond donors (Lipinski definition) is 1. The van der Waals surface area contributed by atoms with Crippen molar-refractivity contribution in [3.63, 3.8) is 0 Å². The van der Waals surface area contributed by atoms with Gasteiger partial charge in [0.25, 0.3) is 5.69 Å². The SMILES string of the molecule is Cc1cc(NC2CCc3ncnn3C2)nc(-c2ccc([N+](=O)[O-])cc2)n1. The molecule has 26 heavy (non-hydrogen) atoms. The molecule has 0 aliphatic carbocycles. The summed E-state index contributed by atoms with van der Waals surface area (Å²) in [5.41, 5.74) is 1.61. The van der Waals surface area contributed by atoms with Gasteiger partial charge in [0, 0.05) is 41.9 Å². The van der Waals surface area contributed by atoms with Crippen molar-refractivity contribution in [3.8, 4) is 11.4 Å². The number of nitrogens with one attached hydrogen (secondary N) is 1. The molecule has 0 spiro atoms. The van der Waals surface area contributed by atoms with Gasteiger partial charge in [0.1, 0.15) is 18.0 Å². The van der Waals surface area contributed by atoms with Crippen LogP contribution in [0, 0.1) is 17.0 Å². The number of fused-ring (bicyclic) bond motifs is 1. The molecule has 1 aliphatic rings. The minimum Gasteiger partial charge on any atom is -0.365 e. The smallest absolute Gasteiger partial charge is 0.269 e. The maximum Gasteiger partial charge on any atom is 0.269 e. The Balaban J connectivity index is 1.55. The maximum atomic E-state index is 10.8. The van der Waals surface area contributed by atoms with Crippen LogP contribution in [0.5, 0.6) is 0 Å². The molecule has 1 atom stereocenters. The second-order valence-corrected chi connectivity index (χ2v) is 6.26. The van der Waals surface area contributed by atoms with Crippen LogP contribution in [0.2, 0.25) is 0 Å². The van der Waals surface area contributed by atoms with Crippen molar-refractivity contribution in [1.82, 2.24) is 24.7 Å². The molecule has 132 valence electrons. The van der Waals surface area contributed by atoms with E-state index in [2.05, 4.69) is 25.4 Å². The van der Waals surface area contributed by atoms with Crippen LogP contribution in [0.4, 0.5) is 11.5 Å². The van der Waals surface area contributed by atoms with Crippen molar-refractivity contribution in [2.45, 2.75) is 32.4 Å². The lowest BCUT2D eigenvalue weighted by Gasteiger charge is -2.24. The third kappa shape index (κ3) is 3.23. The predicted molar refractivity (Wildman–Crippen MR) is 94.6 cm³/mol. The number of non-ortho nitro benzene ring substituents is 1. The van der Waals surface area contributed by atoms with Crippen molar-refractivity contribution >= 4 is 11.5 Å². The minimum absolute atomic E-state index is 0.0468. The quantitative estimate of drug-likeness (QED) is 0.567. The molecule has 1 aliphatic heterocycles. The van der Waals surface area contributed by atoms with Gasteiger partial charge in [-0.05, 0) is 25.5 Å². The molecule has 9 heteroatoms. The van der Waals surface area contributed by atoms with Gasteiger partial charge in [-0.2, -0.15) is 5.10 Å². The number of anilines is 1. The molecule has 0 saturated heterocycles. The summed E-state index contributed by atoms with van der Waals surface area (Å²) in [6, 6.07) is 8.36. The number of rotatable bonds is 4. The maximum absolute atomic E-state index is 10.8. The average Bonchev–Trinajstić information content (AvgIpc) is 3.09. The van der Waals surface area contributed by atoms with Crippen molar-refractivity contribution < 1.29 is 4.92 Å². The molecular weight excluding hydrogens is 334 g/mol. The number of nitrogens with zero attached hydrogens (tertiary/aromatic N) is 6. The Morgan fingerprint density at radius 3 is 2.85 bits per heavy atom. The zero-order chi connectivity index (χ0) is 18.1. The van der Waals surface area contributed by atoms with Crippen LogP contribution in [0.15, 0.2) is 36.7 Å². The molecule has 0 amide bonds. The first kappa shape index (κ1) is 16.1. The zero-order valence-corrected chi connectivity index (χ0v) is 14.2. The highest BCUT2D eigenvalue weighted by Crippen LogP contribution is 2.22. The standard InChI is InChI=1S/C17H17N7O2/c1-11-8-15(21-13-4-7-16-18-10-19-23(16)9-13)22-17(20-11)12-2-5-14(6-3-12)24(25)26/h2-3,5-6,8,10,13H,4,7,9H2,1H3,(H,20,21,22). The fourth-order valence-electron chi connectivity index (χ4n) is 3.07. The van der Waals surface area contributed by atoms with E-state index in [9.17, 15) is 10.1 Å². The summed E-state index contributed by atoms with van der Waals surface area (Å²) in [6.07, 6.45) is 3.41. The molecule has 0 saturated carbocycles. The Morgan fingerprint density at radius 1 is 1.27 bits per heavy atom. The highest BCUT2D eigenvalue weighted by atomic mass is 16.6. The lowest BCUT2D eigenvalue weighted by Crippen LogP contribution is -2.32. The predicted octanol–water partition coefficient (Wildman–Crippen LogP) is 2.38. The third-order valence-corrected chi connectivity index (χ3v) is 4.35. The molecule has 2 aromatic heterocycles. The number of benzene rings is 1. The topological polar surface area (TPSA) is 112 Å². The molecule has 1 N–H and O–H groups in total. The van der Waals surface area contributed by atoms with Gasteiger partial charge in [0.2, 0.25) is 0 Å². The van der Waals surface area contributed by atoms with Gasteiger partial charge in [-0.3, -0.25) is 10.1 Å². The van der Waals surface area contributed by atoms with E-state index in [0.717, 1.165) is 42.3 Å². The Kier molecular flexibility index (Phi) is 4.04. The molecule has 0 fully saturated rings. The molecule has 3 heterocycles. The van der Waals surface area contributed by atoms with Crippen molar-refractivity contribution in [3.05, 3.63) is 58.3 Å². The summed E-state index contributed by atoms with van der Waals surface area (Å²) in [6.45, 7) is 2.64. The van der Waals surface area contributed by atoms with Gasteiger partial charge < -0.3 is 5.32 Å². The number of nitro benzene ring substituents is 1. The first-order valence-corrected chi connectivity index (χ1v) is 8.32. The Bertz CT molecular complexity index is 952. The number of aromatic nitrogens is 5. The first-order chi connectivity index (χ1) is 12.6. The summed E-state index contributed by atoms with van der Waals surface area (Å²) in [5.74, 6) is 2.28. The Labute approximate surface area is 149 Å². The first-order valence-electron chi connectivity index (χ1n) is 8.32. The van der Waals surface area contributed by atoms with Gasteiger partial charge in [-0.15, -0.1) is 0 Å². The van der Waals surface area contributed by atoms with E-state index in [1.807, 2.05) is 17.7 Å². The van der Waals surface area contributed by atoms with Crippen LogP contribution in [0.25, 0.3) is 11.4 Å². The fourth-order valence-corrected chi connectivity index (χ4v) is 3.07. The lowest BCUT2D eigenvalue weighted by molar-refractivity contribution is -0.384. The molecular formula is C17H17N7O2. The third-order valence-electron chi connectivity index (χ3n) is 4.35. The van der Waals surface area contributed by atoms with Gasteiger partial charge in [-0.1, -0.05) is 0 Å². The molecule has 0 bridgehead atoms. The van der Waals surface area contributed by atoms with Crippen molar-refractivity contribution in [1.29, 1.82) is 0 Å². The van der Waals surface area contributed by atoms with Gasteiger partial charge in [0.05, 0.1) is 11.5 Å². The van der Waals surface area contributed by atoms with E-state index in [1.54, 1.807) is 18.5 Å². The Hall–Kier alpha value is -3.36. The number of aryl methyl sites for hydroxylation is 2. The van der Waals surface area contributed by atoms with E-state index >= 15 is 0 Å². The van der Waals surface area contributed by atoms with E-state index < -0.39 is 4.92 Å². The highest BCUT2D eigenvalue weighted by Gasteiger charge is 2.20. The van der Waals surface area contributed by atoms with Crippen LogP contribution in [-0.4, -0.2) is 35.7 Å². The van der Waals surface area contributed by atoms with Gasteiger partial charge in [-0.25, -0.2) is 19.6 Å². The van der Waals surface area contributed by atoms with Crippen LogP contribution < -0.4 is 5.32 Å². The Morgan fingerprint density at radius 2 is 2.08 bits per heavy atom. The average molecular weight is 351 g/mol. The van der Waals surface area contributed by atoms with E-state index in [1.165, 1.54) is 12.1 Å². The van der Waals surface area contributed by atoms with E-state index in [-0.39, 0.29) is 11.7 Å². The summed E-state index contributed by atoms with van der Waals surface area (Å²) in [7, 11) is 0. The number of nitro groups is 1. The van der Waals surface area contributed by atoms with Crippen LogP contribution in [-0.2, 0) is 13.0 Å². The largest absolute Gasteiger partial charge is 0.365 e. The second-order valence-electron chi connectivity index (χ2n) is 6.26. The molecule has 9 nitrogen and oxygen atoms in total. The van der Waals surface area contributed by atoms with Crippen LogP contribution >= 0.6 is 0 Å². The van der Waals surface area contributed by atoms with E-state index in [0.29, 0.717) is 5.82 Å². The van der Waals surface area contributed by atoms with Crippen molar-refractivity contribution in [2.75, 3.05) is 5.32 Å². The lowest BCUT2D eigenvalue weighted by atomic mass is 10.1. The molecule has 4 rings (SSSR count). The van der Waals surface area contributed by atoms with Gasteiger partial charge >= 0.3 is 0 Å². The summed E-state index contributed by atoms with van der Waals surface area (Å²) in [4.78, 5) is 23.6. The highest BCUT2D eigenvalue weighted by molar-refractivity contribution is 5.59. The minimum atomic E-state index is -0.421. The molecule has 1 unspecified atom stereocenters. The normalized spacial score (nSPS) is 16.1. The molecule has 1 aromatic carbocycles.